The Bertz CT molecular complexity index is 304. The molecule has 1 rings (SSSR count). The molecule has 0 fully saturated rings. The summed E-state index contributed by atoms with van der Waals surface area (Å²) in [5.41, 5.74) is 7.20. The average molecular weight is 213 g/mol. The molecule has 2 nitrogen and oxygen atoms in total. The molecule has 0 saturated carbocycles. The number of aromatic nitrogens is 1. The molecule has 1 aromatic heterocycles. The standard InChI is InChI=1S/C11H17ClN2/c1-11(2,3)6-10(13)8-7-14-5-4-9(8)12/h4-5,7,10H,6,13H2,1-3H3/t10-/m0/s1. The van der Waals surface area contributed by atoms with Gasteiger partial charge in [0.25, 0.3) is 0 Å². The van der Waals surface area contributed by atoms with Gasteiger partial charge in [0.15, 0.2) is 0 Å². The van der Waals surface area contributed by atoms with Gasteiger partial charge in [-0.15, -0.1) is 0 Å². The molecule has 0 aliphatic heterocycles. The van der Waals surface area contributed by atoms with Crippen LogP contribution in [-0.4, -0.2) is 4.98 Å². The molecule has 0 spiro atoms. The summed E-state index contributed by atoms with van der Waals surface area (Å²) < 4.78 is 0. The van der Waals surface area contributed by atoms with Crippen LogP contribution in [0, 0.1) is 5.41 Å². The molecule has 0 aromatic carbocycles. The van der Waals surface area contributed by atoms with Crippen molar-refractivity contribution in [1.82, 2.24) is 4.98 Å². The molecule has 0 saturated heterocycles. The van der Waals surface area contributed by atoms with E-state index in [1.807, 2.05) is 0 Å². The van der Waals surface area contributed by atoms with Crippen LogP contribution in [0.1, 0.15) is 38.8 Å². The lowest BCUT2D eigenvalue weighted by Crippen LogP contribution is -2.19. The van der Waals surface area contributed by atoms with E-state index in [0.717, 1.165) is 12.0 Å². The maximum absolute atomic E-state index is 6.06. The minimum Gasteiger partial charge on any atom is -0.324 e. The number of halogens is 1. The van der Waals surface area contributed by atoms with Gasteiger partial charge in [-0.1, -0.05) is 32.4 Å². The van der Waals surface area contributed by atoms with Crippen molar-refractivity contribution in [2.24, 2.45) is 11.1 Å². The highest BCUT2D eigenvalue weighted by molar-refractivity contribution is 6.31. The molecule has 1 atom stereocenters. The molecule has 0 aliphatic carbocycles. The summed E-state index contributed by atoms with van der Waals surface area (Å²) >= 11 is 6.03. The smallest absolute Gasteiger partial charge is 0.0484 e. The molecular formula is C11H17ClN2. The van der Waals surface area contributed by atoms with Crippen LogP contribution in [0.25, 0.3) is 0 Å². The first-order valence-electron chi connectivity index (χ1n) is 4.75. The fourth-order valence-electron chi connectivity index (χ4n) is 1.43. The van der Waals surface area contributed by atoms with Gasteiger partial charge in [-0.25, -0.2) is 0 Å². The highest BCUT2D eigenvalue weighted by Crippen LogP contribution is 2.30. The molecular weight excluding hydrogens is 196 g/mol. The Labute approximate surface area is 90.5 Å². The van der Waals surface area contributed by atoms with Crippen LogP contribution >= 0.6 is 11.6 Å². The third-order valence-electron chi connectivity index (χ3n) is 2.03. The normalized spacial score (nSPS) is 14.1. The molecule has 0 unspecified atom stereocenters. The van der Waals surface area contributed by atoms with E-state index in [9.17, 15) is 0 Å². The van der Waals surface area contributed by atoms with Crippen LogP contribution in [0.3, 0.4) is 0 Å². The summed E-state index contributed by atoms with van der Waals surface area (Å²) in [4.78, 5) is 4.03. The van der Waals surface area contributed by atoms with Crippen molar-refractivity contribution in [3.05, 3.63) is 29.0 Å². The molecule has 0 amide bonds. The first kappa shape index (κ1) is 11.5. The van der Waals surface area contributed by atoms with E-state index >= 15 is 0 Å². The Morgan fingerprint density at radius 1 is 1.50 bits per heavy atom. The summed E-state index contributed by atoms with van der Waals surface area (Å²) in [5.74, 6) is 0. The monoisotopic (exact) mass is 212 g/mol. The first-order chi connectivity index (χ1) is 6.40. The van der Waals surface area contributed by atoms with E-state index in [1.54, 1.807) is 18.5 Å². The number of hydrogen-bond acceptors (Lipinski definition) is 2. The van der Waals surface area contributed by atoms with Crippen molar-refractivity contribution in [3.63, 3.8) is 0 Å². The number of pyridine rings is 1. The topological polar surface area (TPSA) is 38.9 Å². The summed E-state index contributed by atoms with van der Waals surface area (Å²) in [5, 5.41) is 0.705. The third kappa shape index (κ3) is 3.28. The number of rotatable bonds is 2. The molecule has 3 heteroatoms. The molecule has 0 aliphatic rings. The van der Waals surface area contributed by atoms with Gasteiger partial charge in [0, 0.05) is 29.0 Å². The van der Waals surface area contributed by atoms with Gasteiger partial charge in [-0.3, -0.25) is 4.98 Å². The maximum Gasteiger partial charge on any atom is 0.0484 e. The second-order valence-electron chi connectivity index (χ2n) is 4.77. The molecule has 0 bridgehead atoms. The predicted octanol–water partition coefficient (Wildman–Crippen LogP) is 3.17. The lowest BCUT2D eigenvalue weighted by Gasteiger charge is -2.23. The lowest BCUT2D eigenvalue weighted by atomic mass is 9.86. The molecule has 0 radical (unpaired) electrons. The minimum absolute atomic E-state index is 0.0313. The Morgan fingerprint density at radius 3 is 2.64 bits per heavy atom. The summed E-state index contributed by atoms with van der Waals surface area (Å²) in [7, 11) is 0. The van der Waals surface area contributed by atoms with Crippen LogP contribution in [0.2, 0.25) is 5.02 Å². The van der Waals surface area contributed by atoms with Gasteiger partial charge in [0.05, 0.1) is 0 Å². The third-order valence-corrected chi connectivity index (χ3v) is 2.37. The lowest BCUT2D eigenvalue weighted by molar-refractivity contribution is 0.342. The second kappa shape index (κ2) is 4.28. The minimum atomic E-state index is -0.0313. The van der Waals surface area contributed by atoms with Crippen LogP contribution in [-0.2, 0) is 0 Å². The van der Waals surface area contributed by atoms with Crippen LogP contribution < -0.4 is 5.73 Å². The van der Waals surface area contributed by atoms with E-state index in [-0.39, 0.29) is 11.5 Å². The van der Waals surface area contributed by atoms with E-state index in [4.69, 9.17) is 17.3 Å². The molecule has 2 N–H and O–H groups in total. The summed E-state index contributed by atoms with van der Waals surface area (Å²) in [6.07, 6.45) is 4.33. The van der Waals surface area contributed by atoms with E-state index in [1.165, 1.54) is 0 Å². The van der Waals surface area contributed by atoms with Crippen molar-refractivity contribution < 1.29 is 0 Å². The van der Waals surface area contributed by atoms with E-state index in [2.05, 4.69) is 25.8 Å². The molecule has 1 aromatic rings. The van der Waals surface area contributed by atoms with Gasteiger partial charge < -0.3 is 5.73 Å². The number of nitrogens with zero attached hydrogens (tertiary/aromatic N) is 1. The number of hydrogen-bond donors (Lipinski definition) is 1. The van der Waals surface area contributed by atoms with Crippen molar-refractivity contribution in [3.8, 4) is 0 Å². The molecule has 78 valence electrons. The fraction of sp³-hybridized carbons (Fsp3) is 0.545. The summed E-state index contributed by atoms with van der Waals surface area (Å²) in [6.45, 7) is 6.49. The van der Waals surface area contributed by atoms with Crippen molar-refractivity contribution in [1.29, 1.82) is 0 Å². The van der Waals surface area contributed by atoms with E-state index in [0.29, 0.717) is 5.02 Å². The SMILES string of the molecule is CC(C)(C)C[C@H](N)c1cnccc1Cl. The number of nitrogens with two attached hydrogens (primary N) is 1. The zero-order valence-electron chi connectivity index (χ0n) is 8.92. The van der Waals surface area contributed by atoms with Gasteiger partial charge >= 0.3 is 0 Å². The van der Waals surface area contributed by atoms with Gasteiger partial charge in [-0.2, -0.15) is 0 Å². The van der Waals surface area contributed by atoms with Crippen molar-refractivity contribution in [2.75, 3.05) is 0 Å². The van der Waals surface area contributed by atoms with Crippen molar-refractivity contribution in [2.45, 2.75) is 33.2 Å². The van der Waals surface area contributed by atoms with Crippen molar-refractivity contribution >= 4 is 11.6 Å². The quantitative estimate of drug-likeness (QED) is 0.818. The Hall–Kier alpha value is -0.600. The fourth-order valence-corrected chi connectivity index (χ4v) is 1.68. The van der Waals surface area contributed by atoms with Crippen LogP contribution in [0.15, 0.2) is 18.5 Å². The maximum atomic E-state index is 6.06. The first-order valence-corrected chi connectivity index (χ1v) is 5.13. The Kier molecular flexibility index (Phi) is 3.51. The highest BCUT2D eigenvalue weighted by Gasteiger charge is 2.18. The Morgan fingerprint density at radius 2 is 2.14 bits per heavy atom. The molecule has 14 heavy (non-hydrogen) atoms. The Balaban J connectivity index is 2.80. The van der Waals surface area contributed by atoms with Crippen LogP contribution in [0.5, 0.6) is 0 Å². The van der Waals surface area contributed by atoms with E-state index < -0.39 is 0 Å². The highest BCUT2D eigenvalue weighted by atomic mass is 35.5. The zero-order valence-corrected chi connectivity index (χ0v) is 9.67. The molecule has 1 heterocycles. The largest absolute Gasteiger partial charge is 0.324 e. The summed E-state index contributed by atoms with van der Waals surface area (Å²) in [6, 6.07) is 1.75. The van der Waals surface area contributed by atoms with Crippen LogP contribution in [0.4, 0.5) is 0 Å². The van der Waals surface area contributed by atoms with Gasteiger partial charge in [-0.05, 0) is 17.9 Å². The van der Waals surface area contributed by atoms with Gasteiger partial charge in [0.1, 0.15) is 0 Å². The zero-order chi connectivity index (χ0) is 10.8. The second-order valence-corrected chi connectivity index (χ2v) is 5.18. The predicted molar refractivity (Wildman–Crippen MR) is 60.2 cm³/mol. The average Bonchev–Trinajstić information content (AvgIpc) is 2.01. The van der Waals surface area contributed by atoms with Gasteiger partial charge in [0.2, 0.25) is 0 Å².